The molecule has 1 aromatic heterocycles. The third-order valence-corrected chi connectivity index (χ3v) is 4.03. The third kappa shape index (κ3) is 2.57. The summed E-state index contributed by atoms with van der Waals surface area (Å²) in [6.45, 7) is 0. The molecule has 2 aromatic carbocycles. The lowest BCUT2D eigenvalue weighted by Crippen LogP contribution is -1.99. The fourth-order valence-corrected chi connectivity index (χ4v) is 2.90. The van der Waals surface area contributed by atoms with Crippen LogP contribution < -0.4 is 0 Å². The van der Waals surface area contributed by atoms with Gasteiger partial charge in [-0.3, -0.25) is 0 Å². The van der Waals surface area contributed by atoms with Crippen LogP contribution in [-0.2, 0) is 0 Å². The van der Waals surface area contributed by atoms with Crippen LogP contribution in [0.25, 0.3) is 16.9 Å². The van der Waals surface area contributed by atoms with Crippen LogP contribution in [-0.4, -0.2) is 9.78 Å². The lowest BCUT2D eigenvalue weighted by molar-refractivity contribution is 0.880. The molecule has 0 bridgehead atoms. The van der Waals surface area contributed by atoms with Gasteiger partial charge in [0.25, 0.3) is 0 Å². The summed E-state index contributed by atoms with van der Waals surface area (Å²) in [5.41, 5.74) is 2.15. The molecule has 3 rings (SSSR count). The number of rotatable bonds is 2. The zero-order valence-electron chi connectivity index (χ0n) is 11.1. The average Bonchev–Trinajstić information content (AvgIpc) is 2.85. The summed E-state index contributed by atoms with van der Waals surface area (Å²) in [4.78, 5) is 0. The quantitative estimate of drug-likeness (QED) is 0.624. The molecule has 0 fully saturated rings. The summed E-state index contributed by atoms with van der Waals surface area (Å²) in [5, 5.41) is 14.7. The summed E-state index contributed by atoms with van der Waals surface area (Å²) in [7, 11) is 0. The predicted molar refractivity (Wildman–Crippen MR) is 88.7 cm³/mol. The van der Waals surface area contributed by atoms with E-state index in [1.54, 1.807) is 22.9 Å². The molecule has 3 nitrogen and oxygen atoms in total. The van der Waals surface area contributed by atoms with Crippen LogP contribution in [0.4, 0.5) is 0 Å². The Labute approximate surface area is 142 Å². The lowest BCUT2D eigenvalue weighted by atomic mass is 10.1. The number of para-hydroxylation sites is 1. The second-order valence-corrected chi connectivity index (χ2v) is 5.72. The van der Waals surface area contributed by atoms with E-state index in [1.165, 1.54) is 0 Å². The van der Waals surface area contributed by atoms with E-state index in [2.05, 4.69) is 5.10 Å². The number of aromatic nitrogens is 2. The number of halogens is 3. The Morgan fingerprint density at radius 2 is 1.73 bits per heavy atom. The largest absolute Gasteiger partial charge is 0.230 e. The molecule has 0 aliphatic carbocycles. The van der Waals surface area contributed by atoms with Crippen molar-refractivity contribution in [1.29, 1.82) is 5.26 Å². The van der Waals surface area contributed by atoms with E-state index in [4.69, 9.17) is 34.8 Å². The second kappa shape index (κ2) is 6.02. The highest BCUT2D eigenvalue weighted by molar-refractivity contribution is 6.38. The minimum absolute atomic E-state index is 0.145. The fourth-order valence-electron chi connectivity index (χ4n) is 2.14. The summed E-state index contributed by atoms with van der Waals surface area (Å²) in [6, 6.07) is 16.5. The first kappa shape index (κ1) is 14.9. The summed E-state index contributed by atoms with van der Waals surface area (Å²) in [5.74, 6) is 0. The van der Waals surface area contributed by atoms with E-state index in [-0.39, 0.29) is 10.7 Å². The molecular formula is C16H8Cl3N3. The molecule has 0 amide bonds. The maximum absolute atomic E-state index is 9.20. The molecule has 0 spiro atoms. The van der Waals surface area contributed by atoms with Gasteiger partial charge in [-0.2, -0.15) is 10.4 Å². The van der Waals surface area contributed by atoms with Crippen molar-refractivity contribution in [2.75, 3.05) is 0 Å². The van der Waals surface area contributed by atoms with Gasteiger partial charge in [0, 0.05) is 10.6 Å². The minimum atomic E-state index is 0.145. The monoisotopic (exact) mass is 347 g/mol. The van der Waals surface area contributed by atoms with Crippen LogP contribution in [0.15, 0.2) is 48.5 Å². The standard InChI is InChI=1S/C16H8Cl3N3/c17-10-6-7-12(13(18)8-10)16-15(19)14(9-20)21-22(16)11-4-2-1-3-5-11/h1-8H. The molecule has 0 unspecified atom stereocenters. The zero-order chi connectivity index (χ0) is 15.7. The zero-order valence-corrected chi connectivity index (χ0v) is 13.4. The number of hydrogen-bond acceptors (Lipinski definition) is 2. The molecule has 1 heterocycles. The minimum Gasteiger partial charge on any atom is -0.230 e. The molecule has 0 saturated heterocycles. The Bertz CT molecular complexity index is 880. The molecule has 0 atom stereocenters. The summed E-state index contributed by atoms with van der Waals surface area (Å²) in [6.07, 6.45) is 0. The summed E-state index contributed by atoms with van der Waals surface area (Å²) < 4.78 is 1.61. The molecule has 6 heteroatoms. The van der Waals surface area contributed by atoms with Crippen molar-refractivity contribution in [2.24, 2.45) is 0 Å². The molecule has 0 saturated carbocycles. The van der Waals surface area contributed by atoms with Crippen molar-refractivity contribution in [3.05, 3.63) is 69.3 Å². The Morgan fingerprint density at radius 3 is 2.36 bits per heavy atom. The number of nitriles is 1. The molecule has 22 heavy (non-hydrogen) atoms. The van der Waals surface area contributed by atoms with Crippen molar-refractivity contribution in [1.82, 2.24) is 9.78 Å². The topological polar surface area (TPSA) is 41.6 Å². The van der Waals surface area contributed by atoms with E-state index >= 15 is 0 Å². The first-order valence-electron chi connectivity index (χ1n) is 6.31. The van der Waals surface area contributed by atoms with Gasteiger partial charge < -0.3 is 0 Å². The highest BCUT2D eigenvalue weighted by Gasteiger charge is 2.20. The van der Waals surface area contributed by atoms with E-state index in [1.807, 2.05) is 36.4 Å². The fraction of sp³-hybridized carbons (Fsp3) is 0. The van der Waals surface area contributed by atoms with Gasteiger partial charge in [-0.15, -0.1) is 0 Å². The van der Waals surface area contributed by atoms with Crippen molar-refractivity contribution in [3.8, 4) is 23.0 Å². The van der Waals surface area contributed by atoms with Crippen LogP contribution >= 0.6 is 34.8 Å². The van der Waals surface area contributed by atoms with Crippen molar-refractivity contribution in [3.63, 3.8) is 0 Å². The Balaban J connectivity index is 2.31. The van der Waals surface area contributed by atoms with Gasteiger partial charge in [-0.1, -0.05) is 53.0 Å². The smallest absolute Gasteiger partial charge is 0.182 e. The van der Waals surface area contributed by atoms with E-state index < -0.39 is 0 Å². The van der Waals surface area contributed by atoms with Gasteiger partial charge in [0.05, 0.1) is 16.4 Å². The number of hydrogen-bond donors (Lipinski definition) is 0. The molecule has 3 aromatic rings. The maximum Gasteiger partial charge on any atom is 0.182 e. The van der Waals surface area contributed by atoms with Crippen LogP contribution in [0, 0.1) is 11.3 Å². The van der Waals surface area contributed by atoms with E-state index in [0.29, 0.717) is 21.3 Å². The Morgan fingerprint density at radius 1 is 1.00 bits per heavy atom. The highest BCUT2D eigenvalue weighted by Crippen LogP contribution is 2.37. The van der Waals surface area contributed by atoms with Crippen molar-refractivity contribution >= 4 is 34.8 Å². The van der Waals surface area contributed by atoms with Gasteiger partial charge in [-0.05, 0) is 30.3 Å². The van der Waals surface area contributed by atoms with E-state index in [9.17, 15) is 5.26 Å². The van der Waals surface area contributed by atoms with Crippen LogP contribution in [0.1, 0.15) is 5.69 Å². The van der Waals surface area contributed by atoms with Crippen LogP contribution in [0.2, 0.25) is 15.1 Å². The molecule has 0 N–H and O–H groups in total. The van der Waals surface area contributed by atoms with Gasteiger partial charge in [0.2, 0.25) is 0 Å². The van der Waals surface area contributed by atoms with E-state index in [0.717, 1.165) is 5.69 Å². The Kier molecular flexibility index (Phi) is 4.08. The van der Waals surface area contributed by atoms with Gasteiger partial charge in [0.1, 0.15) is 11.1 Å². The number of nitrogens with zero attached hydrogens (tertiary/aromatic N) is 3. The van der Waals surface area contributed by atoms with Gasteiger partial charge >= 0.3 is 0 Å². The highest BCUT2D eigenvalue weighted by atomic mass is 35.5. The Hall–Kier alpha value is -1.99. The normalized spacial score (nSPS) is 10.5. The molecule has 0 aliphatic heterocycles. The van der Waals surface area contributed by atoms with Gasteiger partial charge in [-0.25, -0.2) is 4.68 Å². The number of benzene rings is 2. The molecule has 108 valence electrons. The molecular weight excluding hydrogens is 341 g/mol. The second-order valence-electron chi connectivity index (χ2n) is 4.49. The first-order valence-corrected chi connectivity index (χ1v) is 7.44. The first-order chi connectivity index (χ1) is 10.6. The summed E-state index contributed by atoms with van der Waals surface area (Å²) >= 11 is 18.6. The SMILES string of the molecule is N#Cc1nn(-c2ccccc2)c(-c2ccc(Cl)cc2Cl)c1Cl. The maximum atomic E-state index is 9.20. The molecule has 0 aliphatic rings. The van der Waals surface area contributed by atoms with Crippen LogP contribution in [0.3, 0.4) is 0 Å². The van der Waals surface area contributed by atoms with Crippen molar-refractivity contribution < 1.29 is 0 Å². The lowest BCUT2D eigenvalue weighted by Gasteiger charge is -2.09. The van der Waals surface area contributed by atoms with Crippen LogP contribution in [0.5, 0.6) is 0 Å². The third-order valence-electron chi connectivity index (χ3n) is 3.12. The van der Waals surface area contributed by atoms with Crippen molar-refractivity contribution in [2.45, 2.75) is 0 Å². The molecule has 0 radical (unpaired) electrons. The average molecular weight is 349 g/mol. The predicted octanol–water partition coefficient (Wildman–Crippen LogP) is 5.37. The van der Waals surface area contributed by atoms with Gasteiger partial charge in [0.15, 0.2) is 5.69 Å².